The number of hydrogen-bond donors (Lipinski definition) is 2. The SMILES string of the molecule is CC(Nc1ccc(N)c(CC#N)c1)c1nccs1. The van der Waals surface area contributed by atoms with Crippen LogP contribution in [0.25, 0.3) is 0 Å². The molecule has 2 rings (SSSR count). The Hall–Kier alpha value is -2.06. The van der Waals surface area contributed by atoms with Crippen LogP contribution in [0.4, 0.5) is 11.4 Å². The van der Waals surface area contributed by atoms with Gasteiger partial charge in [-0.2, -0.15) is 5.26 Å². The summed E-state index contributed by atoms with van der Waals surface area (Å²) in [6, 6.07) is 7.92. The predicted octanol–water partition coefficient (Wildman–Crippen LogP) is 2.96. The van der Waals surface area contributed by atoms with Crippen molar-refractivity contribution in [3.63, 3.8) is 0 Å². The molecule has 1 aromatic heterocycles. The summed E-state index contributed by atoms with van der Waals surface area (Å²) in [5, 5.41) is 15.1. The standard InChI is InChI=1S/C13H14N4S/c1-9(13-16-6-7-18-13)17-11-2-3-12(15)10(8-11)4-5-14/h2-3,6-9,17H,4,15H2,1H3. The number of aromatic nitrogens is 1. The van der Waals surface area contributed by atoms with Gasteiger partial charge in [0.25, 0.3) is 0 Å². The van der Waals surface area contributed by atoms with E-state index in [9.17, 15) is 0 Å². The molecular formula is C13H14N4S. The average Bonchev–Trinajstić information content (AvgIpc) is 2.87. The minimum Gasteiger partial charge on any atom is -0.398 e. The maximum atomic E-state index is 8.73. The Bertz CT molecular complexity index is 557. The van der Waals surface area contributed by atoms with E-state index in [2.05, 4.69) is 23.3 Å². The Morgan fingerprint density at radius 1 is 1.56 bits per heavy atom. The van der Waals surface area contributed by atoms with Crippen LogP contribution < -0.4 is 11.1 Å². The molecule has 1 aromatic carbocycles. The van der Waals surface area contributed by atoms with Gasteiger partial charge in [-0.05, 0) is 30.7 Å². The fourth-order valence-corrected chi connectivity index (χ4v) is 2.34. The highest BCUT2D eigenvalue weighted by molar-refractivity contribution is 7.09. The van der Waals surface area contributed by atoms with E-state index in [0.29, 0.717) is 12.1 Å². The highest BCUT2D eigenvalue weighted by Gasteiger charge is 2.08. The molecule has 2 aromatic rings. The quantitative estimate of drug-likeness (QED) is 0.827. The first-order valence-electron chi connectivity index (χ1n) is 5.62. The summed E-state index contributed by atoms with van der Waals surface area (Å²) in [4.78, 5) is 4.27. The van der Waals surface area contributed by atoms with Crippen LogP contribution in [-0.2, 0) is 6.42 Å². The Kier molecular flexibility index (Phi) is 3.80. The van der Waals surface area contributed by atoms with E-state index in [0.717, 1.165) is 16.3 Å². The Morgan fingerprint density at radius 3 is 3.06 bits per heavy atom. The molecule has 0 spiro atoms. The number of nitrogen functional groups attached to an aromatic ring is 1. The van der Waals surface area contributed by atoms with E-state index in [-0.39, 0.29) is 6.04 Å². The molecule has 92 valence electrons. The normalized spacial score (nSPS) is 11.8. The third kappa shape index (κ3) is 2.79. The Labute approximate surface area is 110 Å². The van der Waals surface area contributed by atoms with Gasteiger partial charge in [-0.1, -0.05) is 0 Å². The minimum absolute atomic E-state index is 0.142. The number of rotatable bonds is 4. The van der Waals surface area contributed by atoms with E-state index in [1.807, 2.05) is 23.6 Å². The Balaban J connectivity index is 2.15. The topological polar surface area (TPSA) is 74.7 Å². The van der Waals surface area contributed by atoms with Crippen LogP contribution in [-0.4, -0.2) is 4.98 Å². The van der Waals surface area contributed by atoms with Gasteiger partial charge in [0.1, 0.15) is 5.01 Å². The molecule has 0 aliphatic rings. The zero-order valence-electron chi connectivity index (χ0n) is 10.1. The van der Waals surface area contributed by atoms with E-state index in [1.54, 1.807) is 17.5 Å². The first-order chi connectivity index (χ1) is 8.70. The lowest BCUT2D eigenvalue weighted by Crippen LogP contribution is -2.07. The molecule has 0 saturated carbocycles. The van der Waals surface area contributed by atoms with Crippen molar-refractivity contribution >= 4 is 22.7 Å². The van der Waals surface area contributed by atoms with Gasteiger partial charge in [0, 0.05) is 23.0 Å². The number of nitriles is 1. The number of thiazole rings is 1. The monoisotopic (exact) mass is 258 g/mol. The maximum absolute atomic E-state index is 8.73. The van der Waals surface area contributed by atoms with Crippen molar-refractivity contribution in [1.29, 1.82) is 5.26 Å². The van der Waals surface area contributed by atoms with Crippen LogP contribution in [0.2, 0.25) is 0 Å². The molecule has 1 unspecified atom stereocenters. The summed E-state index contributed by atoms with van der Waals surface area (Å²) in [6.07, 6.45) is 2.12. The lowest BCUT2D eigenvalue weighted by Gasteiger charge is -2.14. The van der Waals surface area contributed by atoms with Crippen LogP contribution in [0.1, 0.15) is 23.5 Å². The average molecular weight is 258 g/mol. The number of anilines is 2. The van der Waals surface area contributed by atoms with Crippen molar-refractivity contribution < 1.29 is 0 Å². The van der Waals surface area contributed by atoms with Crippen molar-refractivity contribution in [2.45, 2.75) is 19.4 Å². The van der Waals surface area contributed by atoms with Gasteiger partial charge in [0.15, 0.2) is 0 Å². The lowest BCUT2D eigenvalue weighted by molar-refractivity contribution is 0.869. The maximum Gasteiger partial charge on any atom is 0.115 e. The van der Waals surface area contributed by atoms with Crippen molar-refractivity contribution in [2.24, 2.45) is 0 Å². The molecule has 0 radical (unpaired) electrons. The van der Waals surface area contributed by atoms with Crippen LogP contribution in [0.3, 0.4) is 0 Å². The third-order valence-electron chi connectivity index (χ3n) is 2.62. The largest absolute Gasteiger partial charge is 0.398 e. The second-order valence-corrected chi connectivity index (χ2v) is 4.91. The van der Waals surface area contributed by atoms with E-state index < -0.39 is 0 Å². The number of hydrogen-bond acceptors (Lipinski definition) is 5. The molecule has 0 aliphatic carbocycles. The fraction of sp³-hybridized carbons (Fsp3) is 0.231. The first-order valence-corrected chi connectivity index (χ1v) is 6.50. The molecule has 0 amide bonds. The summed E-state index contributed by atoms with van der Waals surface area (Å²) in [5.74, 6) is 0. The van der Waals surface area contributed by atoms with Crippen LogP contribution in [0.15, 0.2) is 29.8 Å². The summed E-state index contributed by atoms with van der Waals surface area (Å²) in [7, 11) is 0. The summed E-state index contributed by atoms with van der Waals surface area (Å²) < 4.78 is 0. The van der Waals surface area contributed by atoms with Crippen molar-refractivity contribution in [3.8, 4) is 6.07 Å². The van der Waals surface area contributed by atoms with Gasteiger partial charge in [-0.15, -0.1) is 11.3 Å². The highest BCUT2D eigenvalue weighted by atomic mass is 32.1. The van der Waals surface area contributed by atoms with Gasteiger partial charge < -0.3 is 11.1 Å². The highest BCUT2D eigenvalue weighted by Crippen LogP contribution is 2.24. The third-order valence-corrected chi connectivity index (χ3v) is 3.58. The van der Waals surface area contributed by atoms with Gasteiger partial charge in [-0.25, -0.2) is 4.98 Å². The van der Waals surface area contributed by atoms with Crippen LogP contribution in [0.5, 0.6) is 0 Å². The molecule has 0 aliphatic heterocycles. The minimum atomic E-state index is 0.142. The smallest absolute Gasteiger partial charge is 0.115 e. The van der Waals surface area contributed by atoms with Crippen molar-refractivity contribution in [1.82, 2.24) is 4.98 Å². The number of nitrogens with two attached hydrogens (primary N) is 1. The van der Waals surface area contributed by atoms with Gasteiger partial charge in [0.05, 0.1) is 18.5 Å². The zero-order chi connectivity index (χ0) is 13.0. The fourth-order valence-electron chi connectivity index (χ4n) is 1.69. The molecule has 1 heterocycles. The molecule has 4 nitrogen and oxygen atoms in total. The molecule has 18 heavy (non-hydrogen) atoms. The lowest BCUT2D eigenvalue weighted by atomic mass is 10.1. The summed E-state index contributed by atoms with van der Waals surface area (Å²) in [6.45, 7) is 2.05. The number of nitrogens with zero attached hydrogens (tertiary/aromatic N) is 2. The van der Waals surface area contributed by atoms with Crippen LogP contribution >= 0.6 is 11.3 Å². The molecule has 5 heteroatoms. The van der Waals surface area contributed by atoms with Crippen LogP contribution in [0, 0.1) is 11.3 Å². The first kappa shape index (κ1) is 12.4. The Morgan fingerprint density at radius 2 is 2.39 bits per heavy atom. The molecule has 0 bridgehead atoms. The van der Waals surface area contributed by atoms with E-state index in [1.165, 1.54) is 0 Å². The van der Waals surface area contributed by atoms with E-state index in [4.69, 9.17) is 11.0 Å². The zero-order valence-corrected chi connectivity index (χ0v) is 10.9. The predicted molar refractivity (Wildman–Crippen MR) is 74.3 cm³/mol. The van der Waals surface area contributed by atoms with E-state index >= 15 is 0 Å². The number of benzene rings is 1. The molecule has 3 N–H and O–H groups in total. The van der Waals surface area contributed by atoms with Crippen molar-refractivity contribution in [3.05, 3.63) is 40.3 Å². The summed E-state index contributed by atoms with van der Waals surface area (Å²) in [5.41, 5.74) is 8.28. The number of nitrogens with one attached hydrogen (secondary N) is 1. The van der Waals surface area contributed by atoms with Gasteiger partial charge in [-0.3, -0.25) is 0 Å². The van der Waals surface area contributed by atoms with Gasteiger partial charge >= 0.3 is 0 Å². The van der Waals surface area contributed by atoms with Gasteiger partial charge in [0.2, 0.25) is 0 Å². The van der Waals surface area contributed by atoms with Crippen molar-refractivity contribution in [2.75, 3.05) is 11.1 Å². The molecule has 0 fully saturated rings. The molecular weight excluding hydrogens is 244 g/mol. The second kappa shape index (κ2) is 5.52. The summed E-state index contributed by atoms with van der Waals surface area (Å²) >= 11 is 1.62. The molecule has 0 saturated heterocycles. The second-order valence-electron chi connectivity index (χ2n) is 3.98. The molecule has 1 atom stereocenters.